The predicted molar refractivity (Wildman–Crippen MR) is 50.5 cm³/mol. The van der Waals surface area contributed by atoms with Crippen molar-refractivity contribution in [3.8, 4) is 0 Å². The third kappa shape index (κ3) is 5.83. The molecule has 1 aromatic heterocycles. The van der Waals surface area contributed by atoms with Gasteiger partial charge in [0.2, 0.25) is 0 Å². The van der Waals surface area contributed by atoms with Crippen LogP contribution in [0.2, 0.25) is 0 Å². The number of nitrogens with zero attached hydrogens (tertiary/aromatic N) is 1. The molecule has 0 aliphatic rings. The Labute approximate surface area is 132 Å². The summed E-state index contributed by atoms with van der Waals surface area (Å²) in [4.78, 5) is 2.34. The molecule has 0 spiro atoms. The van der Waals surface area contributed by atoms with Gasteiger partial charge >= 0.3 is 52.2 Å². The van der Waals surface area contributed by atoms with E-state index in [9.17, 15) is 34.8 Å². The summed E-state index contributed by atoms with van der Waals surface area (Å²) in [5, 5.41) is 0. The van der Waals surface area contributed by atoms with E-state index in [0.717, 1.165) is 4.72 Å². The number of nitrogens with one attached hydrogen (secondary N) is 1. The van der Waals surface area contributed by atoms with Gasteiger partial charge < -0.3 is 1.43 Å². The minimum Gasteiger partial charge on any atom is -1.00 e. The van der Waals surface area contributed by atoms with E-state index in [1.807, 2.05) is 0 Å². The monoisotopic (exact) mass is 334 g/mol. The molecular weight excluding hydrogens is 329 g/mol. The molecule has 0 atom stereocenters. The second kappa shape index (κ2) is 6.05. The third-order valence-electron chi connectivity index (χ3n) is 1.65. The van der Waals surface area contributed by atoms with Crippen molar-refractivity contribution < 1.29 is 70.3 Å². The number of pyridine rings is 1. The minimum atomic E-state index is -5.21. The van der Waals surface area contributed by atoms with Gasteiger partial charge in [-0.3, -0.25) is 9.27 Å². The number of halogens is 6. The summed E-state index contributed by atoms with van der Waals surface area (Å²) in [6.07, 6.45) is -10.4. The van der Waals surface area contributed by atoms with Crippen molar-refractivity contribution in [2.24, 2.45) is 0 Å². The Bertz CT molecular complexity index is 559. The first-order valence-corrected chi connectivity index (χ1v) is 5.65. The molecule has 110 valence electrons. The number of anilines is 1. The maximum atomic E-state index is 12.3. The van der Waals surface area contributed by atoms with Crippen LogP contribution in [-0.2, 0) is 22.7 Å². The molecule has 0 aliphatic carbocycles. The third-order valence-corrected chi connectivity index (χ3v) is 2.15. The van der Waals surface area contributed by atoms with Gasteiger partial charge in [-0.25, -0.2) is 4.98 Å². The summed E-state index contributed by atoms with van der Waals surface area (Å²) in [5.41, 5.74) is -5.01. The fourth-order valence-corrected chi connectivity index (χ4v) is 1.44. The quantitative estimate of drug-likeness (QED) is 0.432. The van der Waals surface area contributed by atoms with Gasteiger partial charge in [0.1, 0.15) is 11.4 Å². The van der Waals surface area contributed by atoms with Crippen LogP contribution in [0.4, 0.5) is 32.0 Å². The zero-order chi connectivity index (χ0) is 15.1. The van der Waals surface area contributed by atoms with Gasteiger partial charge in [0, 0.05) is 0 Å². The van der Waals surface area contributed by atoms with Crippen molar-refractivity contribution in [1.82, 2.24) is 4.98 Å². The number of rotatable bonds is 2. The van der Waals surface area contributed by atoms with E-state index in [4.69, 9.17) is 4.55 Å². The van der Waals surface area contributed by atoms with Gasteiger partial charge in [0.15, 0.2) is 0 Å². The Morgan fingerprint density at radius 1 is 1.05 bits per heavy atom. The SMILES string of the molecule is O=S(=O)(O)Nc1cc(C(F)(F)F)nc(C(F)(F)F)c1.[H-].[Na+]. The van der Waals surface area contributed by atoms with Gasteiger partial charge in [0.05, 0.1) is 5.69 Å². The average molecular weight is 334 g/mol. The molecule has 2 N–H and O–H groups in total. The molecule has 0 amide bonds. The first-order chi connectivity index (χ1) is 8.29. The first kappa shape index (κ1) is 19.4. The van der Waals surface area contributed by atoms with Crippen LogP contribution in [-0.4, -0.2) is 18.0 Å². The fraction of sp³-hybridized carbons (Fsp3) is 0.286. The second-order valence-corrected chi connectivity index (χ2v) is 4.35. The first-order valence-electron chi connectivity index (χ1n) is 4.21. The summed E-state index contributed by atoms with van der Waals surface area (Å²) in [6.45, 7) is 0. The Balaban J connectivity index is 0. The molecule has 20 heavy (non-hydrogen) atoms. The molecule has 0 aromatic carbocycles. The zero-order valence-corrected chi connectivity index (χ0v) is 12.4. The van der Waals surface area contributed by atoms with Crippen molar-refractivity contribution in [2.45, 2.75) is 12.4 Å². The number of hydrogen-bond acceptors (Lipinski definition) is 3. The molecule has 0 saturated carbocycles. The van der Waals surface area contributed by atoms with Crippen molar-refractivity contribution in [2.75, 3.05) is 4.72 Å². The Kier molecular flexibility index (Phi) is 5.88. The summed E-state index contributed by atoms with van der Waals surface area (Å²) in [6, 6.07) is 0.0337. The van der Waals surface area contributed by atoms with E-state index in [1.165, 1.54) is 0 Å². The molecule has 0 saturated heterocycles. The van der Waals surface area contributed by atoms with Gasteiger partial charge in [-0.15, -0.1) is 0 Å². The van der Waals surface area contributed by atoms with Crippen LogP contribution in [0, 0.1) is 0 Å². The number of alkyl halides is 6. The van der Waals surface area contributed by atoms with E-state index in [0.29, 0.717) is 0 Å². The largest absolute Gasteiger partial charge is 1.00 e. The Morgan fingerprint density at radius 2 is 1.40 bits per heavy atom. The summed E-state index contributed by atoms with van der Waals surface area (Å²) in [5.74, 6) is 0. The predicted octanol–water partition coefficient (Wildman–Crippen LogP) is -0.550. The smallest absolute Gasteiger partial charge is 1.00 e. The van der Waals surface area contributed by atoms with Crippen LogP contribution >= 0.6 is 0 Å². The van der Waals surface area contributed by atoms with Crippen molar-refractivity contribution in [3.05, 3.63) is 23.5 Å². The Hall–Kier alpha value is -0.560. The fourth-order valence-electron chi connectivity index (χ4n) is 1.03. The van der Waals surface area contributed by atoms with Crippen LogP contribution in [0.5, 0.6) is 0 Å². The summed E-state index contributed by atoms with van der Waals surface area (Å²) >= 11 is 0. The van der Waals surface area contributed by atoms with Crippen molar-refractivity contribution in [1.29, 1.82) is 0 Å². The second-order valence-electron chi connectivity index (χ2n) is 3.20. The number of hydrogen-bond donors (Lipinski definition) is 2. The molecule has 0 unspecified atom stereocenters. The van der Waals surface area contributed by atoms with Crippen molar-refractivity contribution in [3.63, 3.8) is 0 Å². The van der Waals surface area contributed by atoms with E-state index in [1.54, 1.807) is 0 Å². The maximum Gasteiger partial charge on any atom is 1.00 e. The summed E-state index contributed by atoms with van der Waals surface area (Å²) < 4.78 is 104. The van der Waals surface area contributed by atoms with Crippen LogP contribution in [0.25, 0.3) is 0 Å². The molecule has 0 aliphatic heterocycles. The van der Waals surface area contributed by atoms with Crippen LogP contribution in [0.1, 0.15) is 12.8 Å². The molecular formula is C7H5F6N2NaO3S. The van der Waals surface area contributed by atoms with Crippen LogP contribution in [0.3, 0.4) is 0 Å². The van der Waals surface area contributed by atoms with E-state index >= 15 is 0 Å². The topological polar surface area (TPSA) is 79.3 Å². The molecule has 1 aromatic rings. The van der Waals surface area contributed by atoms with E-state index in [2.05, 4.69) is 4.98 Å². The molecule has 1 heterocycles. The van der Waals surface area contributed by atoms with Gasteiger partial charge in [-0.1, -0.05) is 0 Å². The van der Waals surface area contributed by atoms with E-state index < -0.39 is 39.7 Å². The average Bonchev–Trinajstić information content (AvgIpc) is 2.11. The standard InChI is InChI=1S/C7H4F6N2O3S.Na.H/c8-6(9,10)4-1-3(15-19(16,17)18)2-5(14-4)7(11,12)13;;/h1-2H,(H,14,15)(H,16,17,18);;/q;+1;-1. The summed E-state index contributed by atoms with van der Waals surface area (Å²) in [7, 11) is -5.01. The number of aromatic nitrogens is 1. The van der Waals surface area contributed by atoms with Gasteiger partial charge in [0.25, 0.3) is 0 Å². The molecule has 1 rings (SSSR count). The van der Waals surface area contributed by atoms with Gasteiger partial charge in [-0.2, -0.15) is 34.8 Å². The maximum absolute atomic E-state index is 12.3. The van der Waals surface area contributed by atoms with Crippen molar-refractivity contribution >= 4 is 16.0 Å². The molecule has 0 bridgehead atoms. The van der Waals surface area contributed by atoms with E-state index in [-0.39, 0.29) is 43.1 Å². The normalized spacial score (nSPS) is 12.8. The Morgan fingerprint density at radius 3 is 1.65 bits per heavy atom. The van der Waals surface area contributed by atoms with Crippen LogP contribution < -0.4 is 34.3 Å². The molecule has 0 radical (unpaired) electrons. The molecule has 5 nitrogen and oxygen atoms in total. The van der Waals surface area contributed by atoms with Gasteiger partial charge in [-0.05, 0) is 12.1 Å². The molecule has 13 heteroatoms. The zero-order valence-electron chi connectivity index (χ0n) is 10.5. The minimum absolute atomic E-state index is 0. The molecule has 0 fully saturated rings. The van der Waals surface area contributed by atoms with Crippen LogP contribution in [0.15, 0.2) is 12.1 Å².